The number of nitrogens with two attached hydrogens (primary N) is 1. The van der Waals surface area contributed by atoms with Gasteiger partial charge in [-0.15, -0.1) is 0 Å². The molecular weight excluding hydrogens is 286 g/mol. The number of nitrogen functional groups attached to an aromatic ring is 1. The van der Waals surface area contributed by atoms with Crippen LogP contribution in [0.5, 0.6) is 0 Å². The third-order valence-electron chi connectivity index (χ3n) is 4.43. The van der Waals surface area contributed by atoms with E-state index in [1.165, 1.54) is 5.56 Å². The van der Waals surface area contributed by atoms with Crippen molar-refractivity contribution in [2.75, 3.05) is 18.8 Å². The van der Waals surface area contributed by atoms with Crippen LogP contribution in [0.1, 0.15) is 49.3 Å². The van der Waals surface area contributed by atoms with E-state index < -0.39 is 10.2 Å². The highest BCUT2D eigenvalue weighted by atomic mass is 32.2. The molecule has 1 unspecified atom stereocenters. The van der Waals surface area contributed by atoms with Gasteiger partial charge in [0.1, 0.15) is 0 Å². The predicted molar refractivity (Wildman–Crippen MR) is 84.0 cm³/mol. The molecule has 0 radical (unpaired) electrons. The van der Waals surface area contributed by atoms with E-state index in [0.29, 0.717) is 13.1 Å². The number of anilines is 1. The van der Waals surface area contributed by atoms with Gasteiger partial charge in [-0.2, -0.15) is 17.4 Å². The Bertz CT molecular complexity index is 609. The summed E-state index contributed by atoms with van der Waals surface area (Å²) in [4.78, 5) is 0. The summed E-state index contributed by atoms with van der Waals surface area (Å²) in [6.07, 6.45) is 5.85. The van der Waals surface area contributed by atoms with Crippen LogP contribution in [0.15, 0.2) is 18.2 Å². The van der Waals surface area contributed by atoms with Crippen LogP contribution in [-0.2, 0) is 16.6 Å². The molecule has 116 valence electrons. The minimum atomic E-state index is -3.38. The first-order chi connectivity index (χ1) is 10.1. The zero-order valence-electron chi connectivity index (χ0n) is 12.2. The van der Waals surface area contributed by atoms with Gasteiger partial charge in [-0.25, -0.2) is 0 Å². The number of nitrogens with zero attached hydrogens (tertiary/aromatic N) is 1. The zero-order chi connectivity index (χ0) is 14.9. The predicted octanol–water partition coefficient (Wildman–Crippen LogP) is 1.97. The first-order valence-electron chi connectivity index (χ1n) is 7.72. The van der Waals surface area contributed by atoms with Gasteiger partial charge in [-0.1, -0.05) is 12.5 Å². The molecule has 0 saturated carbocycles. The van der Waals surface area contributed by atoms with Crippen LogP contribution in [0.25, 0.3) is 0 Å². The van der Waals surface area contributed by atoms with Gasteiger partial charge in [-0.05, 0) is 55.4 Å². The molecular formula is C15H23N3O2S. The third kappa shape index (κ3) is 3.22. The van der Waals surface area contributed by atoms with E-state index in [2.05, 4.69) is 4.72 Å². The highest BCUT2D eigenvalue weighted by Crippen LogP contribution is 2.32. The molecule has 3 rings (SSSR count). The first-order valence-corrected chi connectivity index (χ1v) is 9.16. The Labute approximate surface area is 126 Å². The number of hydrogen-bond acceptors (Lipinski definition) is 3. The summed E-state index contributed by atoms with van der Waals surface area (Å²) in [5, 5.41) is 0. The summed E-state index contributed by atoms with van der Waals surface area (Å²) in [7, 11) is -3.38. The maximum atomic E-state index is 12.5. The second-order valence-corrected chi connectivity index (χ2v) is 7.69. The Balaban J connectivity index is 1.79. The van der Waals surface area contributed by atoms with Crippen LogP contribution in [0.2, 0.25) is 0 Å². The largest absolute Gasteiger partial charge is 0.399 e. The summed E-state index contributed by atoms with van der Waals surface area (Å²) in [5.74, 6) is 0. The second kappa shape index (κ2) is 5.94. The zero-order valence-corrected chi connectivity index (χ0v) is 13.0. The van der Waals surface area contributed by atoms with Gasteiger partial charge in [0.15, 0.2) is 0 Å². The van der Waals surface area contributed by atoms with E-state index in [-0.39, 0.29) is 6.04 Å². The highest BCUT2D eigenvalue weighted by molar-refractivity contribution is 7.87. The molecule has 0 bridgehead atoms. The van der Waals surface area contributed by atoms with Crippen molar-refractivity contribution >= 4 is 15.9 Å². The van der Waals surface area contributed by atoms with Crippen LogP contribution in [-0.4, -0.2) is 25.8 Å². The molecule has 1 atom stereocenters. The van der Waals surface area contributed by atoms with Crippen LogP contribution < -0.4 is 10.5 Å². The number of fused-ring (bicyclic) bond motifs is 1. The molecule has 1 aliphatic carbocycles. The topological polar surface area (TPSA) is 75.4 Å². The van der Waals surface area contributed by atoms with Crippen LogP contribution >= 0.6 is 0 Å². The van der Waals surface area contributed by atoms with Gasteiger partial charge in [0.2, 0.25) is 0 Å². The highest BCUT2D eigenvalue weighted by Gasteiger charge is 2.29. The summed E-state index contributed by atoms with van der Waals surface area (Å²) < 4.78 is 29.5. The lowest BCUT2D eigenvalue weighted by Crippen LogP contribution is -2.45. The van der Waals surface area contributed by atoms with Crippen molar-refractivity contribution in [1.82, 2.24) is 9.03 Å². The van der Waals surface area contributed by atoms with Crippen molar-refractivity contribution < 1.29 is 8.42 Å². The molecule has 1 heterocycles. The van der Waals surface area contributed by atoms with Crippen molar-refractivity contribution in [3.05, 3.63) is 29.3 Å². The lowest BCUT2D eigenvalue weighted by molar-refractivity contribution is 0.336. The van der Waals surface area contributed by atoms with Gasteiger partial charge < -0.3 is 5.73 Å². The van der Waals surface area contributed by atoms with Crippen molar-refractivity contribution in [3.8, 4) is 0 Å². The Kier molecular flexibility index (Phi) is 4.19. The van der Waals surface area contributed by atoms with E-state index in [4.69, 9.17) is 5.73 Å². The fraction of sp³-hybridized carbons (Fsp3) is 0.600. The summed E-state index contributed by atoms with van der Waals surface area (Å²) >= 11 is 0. The minimum absolute atomic E-state index is 0.124. The first kappa shape index (κ1) is 14.8. The lowest BCUT2D eigenvalue weighted by Gasteiger charge is -2.31. The summed E-state index contributed by atoms with van der Waals surface area (Å²) in [6, 6.07) is 5.66. The number of piperidine rings is 1. The van der Waals surface area contributed by atoms with Crippen LogP contribution in [0.3, 0.4) is 0 Å². The molecule has 5 nitrogen and oxygen atoms in total. The average molecular weight is 309 g/mol. The molecule has 1 saturated heterocycles. The van der Waals surface area contributed by atoms with Gasteiger partial charge >= 0.3 is 0 Å². The summed E-state index contributed by atoms with van der Waals surface area (Å²) in [6.45, 7) is 1.27. The second-order valence-electron chi connectivity index (χ2n) is 5.99. The van der Waals surface area contributed by atoms with Crippen molar-refractivity contribution in [3.63, 3.8) is 0 Å². The van der Waals surface area contributed by atoms with E-state index in [1.807, 2.05) is 18.2 Å². The number of benzene rings is 1. The van der Waals surface area contributed by atoms with E-state index in [9.17, 15) is 8.42 Å². The Morgan fingerprint density at radius 3 is 2.67 bits per heavy atom. The number of nitrogens with one attached hydrogen (secondary N) is 1. The van der Waals surface area contributed by atoms with Gasteiger partial charge in [0.05, 0.1) is 0 Å². The molecule has 3 N–H and O–H groups in total. The normalized spacial score (nSPS) is 23.7. The number of rotatable bonds is 3. The van der Waals surface area contributed by atoms with Crippen LogP contribution in [0, 0.1) is 0 Å². The molecule has 1 fully saturated rings. The van der Waals surface area contributed by atoms with Crippen molar-refractivity contribution in [1.29, 1.82) is 0 Å². The van der Waals surface area contributed by atoms with Gasteiger partial charge in [0, 0.05) is 24.8 Å². The molecule has 1 aromatic carbocycles. The Morgan fingerprint density at radius 1 is 1.14 bits per heavy atom. The Hall–Kier alpha value is -1.11. The SMILES string of the molecule is Nc1ccc2c(c1)CCCC2NS(=O)(=O)N1CCCCC1. The molecule has 1 aliphatic heterocycles. The summed E-state index contributed by atoms with van der Waals surface area (Å²) in [5.41, 5.74) is 8.82. The molecule has 1 aromatic rings. The van der Waals surface area contributed by atoms with Gasteiger partial charge in [-0.3, -0.25) is 0 Å². The minimum Gasteiger partial charge on any atom is -0.399 e. The maximum absolute atomic E-state index is 12.5. The van der Waals surface area contributed by atoms with E-state index in [0.717, 1.165) is 49.8 Å². The molecule has 0 spiro atoms. The smallest absolute Gasteiger partial charge is 0.280 e. The maximum Gasteiger partial charge on any atom is 0.280 e. The molecule has 21 heavy (non-hydrogen) atoms. The molecule has 2 aliphatic rings. The fourth-order valence-electron chi connectivity index (χ4n) is 3.32. The quantitative estimate of drug-likeness (QED) is 0.838. The van der Waals surface area contributed by atoms with Crippen molar-refractivity contribution in [2.24, 2.45) is 0 Å². The van der Waals surface area contributed by atoms with E-state index in [1.54, 1.807) is 4.31 Å². The molecule has 6 heteroatoms. The third-order valence-corrected chi connectivity index (χ3v) is 6.05. The van der Waals surface area contributed by atoms with Gasteiger partial charge in [0.25, 0.3) is 10.2 Å². The average Bonchev–Trinajstić information content (AvgIpc) is 2.48. The molecule has 0 amide bonds. The van der Waals surface area contributed by atoms with E-state index >= 15 is 0 Å². The fourth-order valence-corrected chi connectivity index (χ4v) is 4.81. The number of aryl methyl sites for hydroxylation is 1. The molecule has 0 aromatic heterocycles. The monoisotopic (exact) mass is 309 g/mol. The number of hydrogen-bond donors (Lipinski definition) is 2. The Morgan fingerprint density at radius 2 is 1.90 bits per heavy atom. The lowest BCUT2D eigenvalue weighted by atomic mass is 9.88. The van der Waals surface area contributed by atoms with Crippen LogP contribution in [0.4, 0.5) is 5.69 Å². The van der Waals surface area contributed by atoms with Crippen molar-refractivity contribution in [2.45, 2.75) is 44.6 Å². The standard InChI is InChI=1S/C15H23N3O2S/c16-13-7-8-14-12(11-13)5-4-6-15(14)17-21(19,20)18-9-2-1-3-10-18/h7-8,11,15,17H,1-6,9-10,16H2.